The van der Waals surface area contributed by atoms with Crippen LogP contribution < -0.4 is 16.0 Å². The van der Waals surface area contributed by atoms with Crippen molar-refractivity contribution in [3.63, 3.8) is 0 Å². The van der Waals surface area contributed by atoms with Crippen LogP contribution in [0.25, 0.3) is 0 Å². The van der Waals surface area contributed by atoms with Gasteiger partial charge in [0.25, 0.3) is 11.8 Å². The lowest BCUT2D eigenvalue weighted by molar-refractivity contribution is -0.121. The van der Waals surface area contributed by atoms with Gasteiger partial charge in [-0.15, -0.1) is 11.3 Å². The number of rotatable bonds is 5. The maximum absolute atomic E-state index is 12.9. The van der Waals surface area contributed by atoms with E-state index in [2.05, 4.69) is 17.1 Å². The zero-order valence-electron chi connectivity index (χ0n) is 16.6. The summed E-state index contributed by atoms with van der Waals surface area (Å²) >= 11 is 1.37. The average molecular weight is 426 g/mol. The van der Waals surface area contributed by atoms with Gasteiger partial charge in [0.2, 0.25) is 11.8 Å². The Bertz CT molecular complexity index is 1050. The van der Waals surface area contributed by atoms with Crippen molar-refractivity contribution < 1.29 is 19.2 Å². The van der Waals surface area contributed by atoms with E-state index in [9.17, 15) is 19.2 Å². The van der Waals surface area contributed by atoms with Crippen molar-refractivity contribution in [1.29, 1.82) is 0 Å². The molecule has 156 valence electrons. The molecule has 0 spiro atoms. The number of benzene rings is 1. The van der Waals surface area contributed by atoms with Crippen LogP contribution in [-0.4, -0.2) is 41.6 Å². The first kappa shape index (κ1) is 20.2. The first-order valence-corrected chi connectivity index (χ1v) is 10.6. The quantitative estimate of drug-likeness (QED) is 0.711. The van der Waals surface area contributed by atoms with Crippen LogP contribution in [0.5, 0.6) is 0 Å². The summed E-state index contributed by atoms with van der Waals surface area (Å²) < 4.78 is 0. The number of anilines is 2. The molecule has 0 atom stereocenters. The number of hydrogen-bond acceptors (Lipinski definition) is 6. The Morgan fingerprint density at radius 1 is 1.17 bits per heavy atom. The van der Waals surface area contributed by atoms with E-state index in [-0.39, 0.29) is 30.2 Å². The van der Waals surface area contributed by atoms with Crippen molar-refractivity contribution in [2.45, 2.75) is 32.7 Å². The van der Waals surface area contributed by atoms with Crippen molar-refractivity contribution in [1.82, 2.24) is 4.90 Å². The van der Waals surface area contributed by atoms with E-state index in [1.807, 2.05) is 0 Å². The highest BCUT2D eigenvalue weighted by Crippen LogP contribution is 2.37. The second kappa shape index (κ2) is 8.00. The lowest BCUT2D eigenvalue weighted by Crippen LogP contribution is -2.30. The number of primary amides is 1. The highest BCUT2D eigenvalue weighted by molar-refractivity contribution is 7.17. The number of nitrogens with zero attached hydrogens (tertiary/aromatic N) is 2. The number of thiophene rings is 1. The fourth-order valence-corrected chi connectivity index (χ4v) is 5.19. The third-order valence-electron chi connectivity index (χ3n) is 5.47. The first-order chi connectivity index (χ1) is 14.4. The molecule has 30 heavy (non-hydrogen) atoms. The highest BCUT2D eigenvalue weighted by atomic mass is 32.1. The van der Waals surface area contributed by atoms with E-state index in [0.717, 1.165) is 35.0 Å². The Morgan fingerprint density at radius 2 is 1.90 bits per heavy atom. The smallest absolute Gasteiger partial charge is 0.256 e. The monoisotopic (exact) mass is 426 g/mol. The molecule has 0 saturated carbocycles. The maximum Gasteiger partial charge on any atom is 0.256 e. The van der Waals surface area contributed by atoms with Gasteiger partial charge in [-0.2, -0.15) is 0 Å². The summed E-state index contributed by atoms with van der Waals surface area (Å²) in [5.41, 5.74) is 7.57. The molecular formula is C21H22N4O4S. The second-order valence-corrected chi connectivity index (χ2v) is 8.42. The predicted octanol–water partition coefficient (Wildman–Crippen LogP) is 2.13. The number of nitrogens with one attached hydrogen (secondary N) is 1. The van der Waals surface area contributed by atoms with E-state index < -0.39 is 11.8 Å². The molecule has 0 aliphatic carbocycles. The van der Waals surface area contributed by atoms with Crippen LogP contribution in [0.3, 0.4) is 0 Å². The number of imide groups is 1. The van der Waals surface area contributed by atoms with Crippen LogP contribution in [-0.2, 0) is 22.6 Å². The molecule has 2 aromatic rings. The van der Waals surface area contributed by atoms with Crippen molar-refractivity contribution >= 4 is 45.7 Å². The maximum atomic E-state index is 12.9. The van der Waals surface area contributed by atoms with Gasteiger partial charge in [0.1, 0.15) is 5.00 Å². The molecule has 3 heterocycles. The van der Waals surface area contributed by atoms with Gasteiger partial charge in [-0.05, 0) is 36.7 Å². The lowest BCUT2D eigenvalue weighted by Gasteiger charge is -2.25. The van der Waals surface area contributed by atoms with E-state index >= 15 is 0 Å². The fraction of sp³-hybridized carbons (Fsp3) is 0.333. The Hall–Kier alpha value is -3.04. The number of amides is 4. The molecule has 9 heteroatoms. The molecule has 0 bridgehead atoms. The number of nitrogens with two attached hydrogens (primary N) is 1. The highest BCUT2D eigenvalue weighted by Gasteiger charge is 2.31. The van der Waals surface area contributed by atoms with E-state index in [1.165, 1.54) is 17.4 Å². The molecule has 4 amide bonds. The van der Waals surface area contributed by atoms with Gasteiger partial charge in [0, 0.05) is 36.4 Å². The van der Waals surface area contributed by atoms with Crippen molar-refractivity contribution in [3.05, 3.63) is 45.8 Å². The van der Waals surface area contributed by atoms with Crippen LogP contribution in [0.2, 0.25) is 0 Å². The van der Waals surface area contributed by atoms with Crippen LogP contribution in [0.15, 0.2) is 24.3 Å². The SMILES string of the molecule is CCN1CCc2c(sc(NC(=O)c3cccc(N4C(=O)CCC4=O)c3)c2C(N)=O)C1. The summed E-state index contributed by atoms with van der Waals surface area (Å²) in [6.07, 6.45) is 1.06. The van der Waals surface area contributed by atoms with Gasteiger partial charge < -0.3 is 11.1 Å². The van der Waals surface area contributed by atoms with Gasteiger partial charge in [-0.1, -0.05) is 13.0 Å². The number of hydrogen-bond donors (Lipinski definition) is 2. The summed E-state index contributed by atoms with van der Waals surface area (Å²) in [6, 6.07) is 6.35. The topological polar surface area (TPSA) is 113 Å². The molecule has 1 fully saturated rings. The molecule has 1 aromatic heterocycles. The van der Waals surface area contributed by atoms with Gasteiger partial charge >= 0.3 is 0 Å². The number of carbonyl (C=O) groups excluding carboxylic acids is 4. The van der Waals surface area contributed by atoms with Gasteiger partial charge in [-0.25, -0.2) is 0 Å². The number of fused-ring (bicyclic) bond motifs is 1. The Kier molecular flexibility index (Phi) is 5.40. The second-order valence-electron chi connectivity index (χ2n) is 7.32. The molecule has 4 rings (SSSR count). The first-order valence-electron chi connectivity index (χ1n) is 9.83. The van der Waals surface area contributed by atoms with Gasteiger partial charge in [0.15, 0.2) is 0 Å². The summed E-state index contributed by atoms with van der Waals surface area (Å²) in [5, 5.41) is 3.25. The minimum Gasteiger partial charge on any atom is -0.365 e. The van der Waals surface area contributed by atoms with Crippen LogP contribution >= 0.6 is 11.3 Å². The summed E-state index contributed by atoms with van der Waals surface area (Å²) in [5.74, 6) is -1.54. The molecule has 0 radical (unpaired) electrons. The zero-order chi connectivity index (χ0) is 21.4. The number of likely N-dealkylation sites (N-methyl/N-ethyl adjacent to an activating group) is 1. The molecule has 0 unspecified atom stereocenters. The predicted molar refractivity (Wildman–Crippen MR) is 114 cm³/mol. The third kappa shape index (κ3) is 3.61. The third-order valence-corrected chi connectivity index (χ3v) is 6.61. The standard InChI is InChI=1S/C21H22N4O4S/c1-2-24-9-8-14-15(11-24)30-21(18(14)19(22)28)23-20(29)12-4-3-5-13(10-12)25-16(26)6-7-17(25)27/h3-5,10H,2,6-9,11H2,1H3,(H2,22,28)(H,23,29). The van der Waals surface area contributed by atoms with Crippen LogP contribution in [0, 0.1) is 0 Å². The largest absolute Gasteiger partial charge is 0.365 e. The van der Waals surface area contributed by atoms with Crippen LogP contribution in [0.1, 0.15) is 50.9 Å². The van der Waals surface area contributed by atoms with E-state index in [4.69, 9.17) is 5.73 Å². The van der Waals surface area contributed by atoms with E-state index in [1.54, 1.807) is 18.2 Å². The van der Waals surface area contributed by atoms with Crippen molar-refractivity contribution in [2.24, 2.45) is 5.73 Å². The molecule has 3 N–H and O–H groups in total. The van der Waals surface area contributed by atoms with Gasteiger partial charge in [0.05, 0.1) is 11.3 Å². The van der Waals surface area contributed by atoms with Crippen molar-refractivity contribution in [2.75, 3.05) is 23.3 Å². The summed E-state index contributed by atoms with van der Waals surface area (Å²) in [7, 11) is 0. The summed E-state index contributed by atoms with van der Waals surface area (Å²) in [6.45, 7) is 4.56. The molecule has 2 aliphatic heterocycles. The minimum atomic E-state index is -0.560. The lowest BCUT2D eigenvalue weighted by atomic mass is 10.0. The Labute approximate surface area is 177 Å². The Morgan fingerprint density at radius 3 is 2.57 bits per heavy atom. The normalized spacial score (nSPS) is 16.6. The summed E-state index contributed by atoms with van der Waals surface area (Å²) in [4.78, 5) is 53.4. The van der Waals surface area contributed by atoms with Gasteiger partial charge in [-0.3, -0.25) is 29.0 Å². The molecular weight excluding hydrogens is 404 g/mol. The Balaban J connectivity index is 1.61. The molecule has 8 nitrogen and oxygen atoms in total. The zero-order valence-corrected chi connectivity index (χ0v) is 17.4. The molecule has 1 aromatic carbocycles. The van der Waals surface area contributed by atoms with Crippen LogP contribution in [0.4, 0.5) is 10.7 Å². The van der Waals surface area contributed by atoms with Crippen molar-refractivity contribution in [3.8, 4) is 0 Å². The van der Waals surface area contributed by atoms with E-state index in [0.29, 0.717) is 22.7 Å². The fourth-order valence-electron chi connectivity index (χ4n) is 3.90. The molecule has 1 saturated heterocycles. The average Bonchev–Trinajstić information content (AvgIpc) is 3.26. The minimum absolute atomic E-state index is 0.173. The molecule has 2 aliphatic rings. The number of carbonyl (C=O) groups is 4.